The Hall–Kier alpha value is -1.28. The first-order chi connectivity index (χ1) is 7.88. The van der Waals surface area contributed by atoms with Gasteiger partial charge in [0, 0.05) is 0 Å². The standard InChI is InChI=1S/C14H18O2/c1-15-13-9-7-12(8-10-13)11-16-14-5-3-2-4-6-14/h3,5,7-10,14H,2,4,6,11H2,1H3. The highest BCUT2D eigenvalue weighted by Crippen LogP contribution is 2.17. The van der Waals surface area contributed by atoms with Gasteiger partial charge in [-0.1, -0.05) is 24.3 Å². The number of ether oxygens (including phenoxy) is 2. The van der Waals surface area contributed by atoms with Gasteiger partial charge >= 0.3 is 0 Å². The lowest BCUT2D eigenvalue weighted by atomic mass is 10.1. The monoisotopic (exact) mass is 218 g/mol. The van der Waals surface area contributed by atoms with E-state index in [0.29, 0.717) is 12.7 Å². The van der Waals surface area contributed by atoms with E-state index in [1.165, 1.54) is 18.4 Å². The quantitative estimate of drug-likeness (QED) is 0.722. The summed E-state index contributed by atoms with van der Waals surface area (Å²) in [6.45, 7) is 0.680. The second-order valence-corrected chi connectivity index (χ2v) is 4.06. The third kappa shape index (κ3) is 3.11. The lowest BCUT2D eigenvalue weighted by molar-refractivity contribution is 0.0625. The molecule has 0 aromatic heterocycles. The van der Waals surface area contributed by atoms with Crippen LogP contribution in [0.3, 0.4) is 0 Å². The van der Waals surface area contributed by atoms with Crippen LogP contribution in [0.25, 0.3) is 0 Å². The van der Waals surface area contributed by atoms with Crippen LogP contribution in [0.5, 0.6) is 5.75 Å². The van der Waals surface area contributed by atoms with Gasteiger partial charge in [0.2, 0.25) is 0 Å². The lowest BCUT2D eigenvalue weighted by Gasteiger charge is -2.17. The molecule has 2 rings (SSSR count). The van der Waals surface area contributed by atoms with Crippen LogP contribution in [0.15, 0.2) is 36.4 Å². The van der Waals surface area contributed by atoms with Crippen LogP contribution in [-0.4, -0.2) is 13.2 Å². The maximum atomic E-state index is 5.81. The first-order valence-electron chi connectivity index (χ1n) is 5.79. The van der Waals surface area contributed by atoms with E-state index in [0.717, 1.165) is 12.2 Å². The molecule has 0 bridgehead atoms. The van der Waals surface area contributed by atoms with Gasteiger partial charge in [-0.3, -0.25) is 0 Å². The average molecular weight is 218 g/mol. The SMILES string of the molecule is COc1ccc(COC2C=CCCC2)cc1. The van der Waals surface area contributed by atoms with Crippen LogP contribution in [0.4, 0.5) is 0 Å². The van der Waals surface area contributed by atoms with Crippen molar-refractivity contribution in [2.24, 2.45) is 0 Å². The summed E-state index contributed by atoms with van der Waals surface area (Å²) >= 11 is 0. The fourth-order valence-electron chi connectivity index (χ4n) is 1.85. The normalized spacial score (nSPS) is 19.7. The smallest absolute Gasteiger partial charge is 0.118 e. The van der Waals surface area contributed by atoms with Crippen molar-refractivity contribution in [1.29, 1.82) is 0 Å². The Kier molecular flexibility index (Phi) is 4.00. The second kappa shape index (κ2) is 5.71. The number of hydrogen-bond donors (Lipinski definition) is 0. The van der Waals surface area contributed by atoms with E-state index >= 15 is 0 Å². The molecule has 0 radical (unpaired) electrons. The first kappa shape index (κ1) is 11.2. The van der Waals surface area contributed by atoms with Crippen LogP contribution in [0.2, 0.25) is 0 Å². The molecule has 1 aliphatic rings. The molecule has 0 fully saturated rings. The van der Waals surface area contributed by atoms with Crippen LogP contribution >= 0.6 is 0 Å². The van der Waals surface area contributed by atoms with Gasteiger partial charge in [0.25, 0.3) is 0 Å². The van der Waals surface area contributed by atoms with Gasteiger partial charge in [0.05, 0.1) is 19.8 Å². The predicted molar refractivity (Wildman–Crippen MR) is 64.6 cm³/mol. The molecule has 1 unspecified atom stereocenters. The maximum absolute atomic E-state index is 5.81. The maximum Gasteiger partial charge on any atom is 0.118 e. The summed E-state index contributed by atoms with van der Waals surface area (Å²) in [6, 6.07) is 8.03. The molecule has 0 amide bonds. The second-order valence-electron chi connectivity index (χ2n) is 4.06. The van der Waals surface area contributed by atoms with Crippen LogP contribution in [0.1, 0.15) is 24.8 Å². The summed E-state index contributed by atoms with van der Waals surface area (Å²) in [5, 5.41) is 0. The molecule has 1 aromatic rings. The first-order valence-corrected chi connectivity index (χ1v) is 5.79. The van der Waals surface area contributed by atoms with Gasteiger partial charge in [0.1, 0.15) is 5.75 Å². The predicted octanol–water partition coefficient (Wildman–Crippen LogP) is 3.32. The molecule has 2 heteroatoms. The van der Waals surface area contributed by atoms with Crippen molar-refractivity contribution in [2.45, 2.75) is 32.0 Å². The number of rotatable bonds is 4. The average Bonchev–Trinajstić information content (AvgIpc) is 2.38. The molecular formula is C14H18O2. The molecule has 86 valence electrons. The molecule has 0 aliphatic heterocycles. The van der Waals surface area contributed by atoms with Gasteiger partial charge in [-0.05, 0) is 37.0 Å². The number of benzene rings is 1. The fraction of sp³-hybridized carbons (Fsp3) is 0.429. The zero-order valence-electron chi connectivity index (χ0n) is 9.69. The summed E-state index contributed by atoms with van der Waals surface area (Å²) in [5.74, 6) is 0.890. The van der Waals surface area contributed by atoms with E-state index in [-0.39, 0.29) is 0 Å². The Balaban J connectivity index is 1.84. The molecule has 1 aromatic carbocycles. The van der Waals surface area contributed by atoms with Crippen molar-refractivity contribution in [1.82, 2.24) is 0 Å². The van der Waals surface area contributed by atoms with E-state index in [1.807, 2.05) is 24.3 Å². The molecule has 0 spiro atoms. The van der Waals surface area contributed by atoms with Crippen molar-refractivity contribution in [2.75, 3.05) is 7.11 Å². The van der Waals surface area contributed by atoms with Crippen molar-refractivity contribution >= 4 is 0 Å². The zero-order chi connectivity index (χ0) is 11.2. The van der Waals surface area contributed by atoms with Crippen molar-refractivity contribution in [3.8, 4) is 5.75 Å². The lowest BCUT2D eigenvalue weighted by Crippen LogP contribution is -2.12. The zero-order valence-corrected chi connectivity index (χ0v) is 9.69. The highest BCUT2D eigenvalue weighted by Gasteiger charge is 2.08. The molecule has 0 N–H and O–H groups in total. The Bertz CT molecular complexity index is 340. The molecule has 0 saturated heterocycles. The van der Waals surface area contributed by atoms with Crippen molar-refractivity contribution in [3.05, 3.63) is 42.0 Å². The summed E-state index contributed by atoms with van der Waals surface area (Å²) in [5.41, 5.74) is 1.19. The van der Waals surface area contributed by atoms with E-state index < -0.39 is 0 Å². The minimum atomic E-state index is 0.302. The Morgan fingerprint density at radius 3 is 2.69 bits per heavy atom. The minimum Gasteiger partial charge on any atom is -0.497 e. The Morgan fingerprint density at radius 1 is 1.25 bits per heavy atom. The largest absolute Gasteiger partial charge is 0.497 e. The van der Waals surface area contributed by atoms with Gasteiger partial charge in [0.15, 0.2) is 0 Å². The van der Waals surface area contributed by atoms with E-state index in [4.69, 9.17) is 9.47 Å². The third-order valence-corrected chi connectivity index (χ3v) is 2.83. The Morgan fingerprint density at radius 2 is 2.06 bits per heavy atom. The summed E-state index contributed by atoms with van der Waals surface area (Å²) < 4.78 is 10.9. The molecule has 16 heavy (non-hydrogen) atoms. The van der Waals surface area contributed by atoms with Gasteiger partial charge in [-0.2, -0.15) is 0 Å². The fourth-order valence-corrected chi connectivity index (χ4v) is 1.85. The van der Waals surface area contributed by atoms with E-state index in [2.05, 4.69) is 12.2 Å². The van der Waals surface area contributed by atoms with E-state index in [1.54, 1.807) is 7.11 Å². The summed E-state index contributed by atoms with van der Waals surface area (Å²) in [6.07, 6.45) is 8.27. The van der Waals surface area contributed by atoms with Gasteiger partial charge in [-0.15, -0.1) is 0 Å². The molecule has 0 heterocycles. The Labute approximate surface area is 96.9 Å². The minimum absolute atomic E-state index is 0.302. The highest BCUT2D eigenvalue weighted by molar-refractivity contribution is 5.26. The van der Waals surface area contributed by atoms with Crippen molar-refractivity contribution in [3.63, 3.8) is 0 Å². The van der Waals surface area contributed by atoms with Crippen LogP contribution in [-0.2, 0) is 11.3 Å². The number of hydrogen-bond acceptors (Lipinski definition) is 2. The van der Waals surface area contributed by atoms with Crippen LogP contribution in [0, 0.1) is 0 Å². The van der Waals surface area contributed by atoms with Gasteiger partial charge in [-0.25, -0.2) is 0 Å². The molecule has 1 atom stereocenters. The van der Waals surface area contributed by atoms with E-state index in [9.17, 15) is 0 Å². The van der Waals surface area contributed by atoms with Gasteiger partial charge < -0.3 is 9.47 Å². The molecular weight excluding hydrogens is 200 g/mol. The summed E-state index contributed by atoms with van der Waals surface area (Å²) in [7, 11) is 1.68. The molecule has 2 nitrogen and oxygen atoms in total. The molecule has 1 aliphatic carbocycles. The van der Waals surface area contributed by atoms with Crippen molar-refractivity contribution < 1.29 is 9.47 Å². The summed E-state index contributed by atoms with van der Waals surface area (Å²) in [4.78, 5) is 0. The topological polar surface area (TPSA) is 18.5 Å². The number of methoxy groups -OCH3 is 1. The van der Waals surface area contributed by atoms with Crippen LogP contribution < -0.4 is 4.74 Å². The third-order valence-electron chi connectivity index (χ3n) is 2.83. The highest BCUT2D eigenvalue weighted by atomic mass is 16.5. The molecule has 0 saturated carbocycles. The number of allylic oxidation sites excluding steroid dienone is 1.